The molecule has 0 bridgehead atoms. The van der Waals surface area contributed by atoms with Gasteiger partial charge < -0.3 is 14.5 Å². The third-order valence-electron chi connectivity index (χ3n) is 2.17. The van der Waals surface area contributed by atoms with Crippen molar-refractivity contribution in [1.29, 1.82) is 0 Å². The molecule has 0 saturated carbocycles. The Bertz CT molecular complexity index is 305. The molecule has 1 rings (SSSR count). The molecule has 1 N–H and O–H groups in total. The maximum absolute atomic E-state index is 5.37. The van der Waals surface area contributed by atoms with E-state index in [2.05, 4.69) is 25.7 Å². The number of hydrogen-bond acceptors (Lipinski definition) is 3. The van der Waals surface area contributed by atoms with Crippen molar-refractivity contribution in [3.05, 3.63) is 36.3 Å². The predicted molar refractivity (Wildman–Crippen MR) is 65.1 cm³/mol. The van der Waals surface area contributed by atoms with Crippen LogP contribution in [-0.4, -0.2) is 13.2 Å². The number of ether oxygens (including phenoxy) is 1. The summed E-state index contributed by atoms with van der Waals surface area (Å²) in [6.45, 7) is 10.9. The number of hydrogen-bond donors (Lipinski definition) is 1. The zero-order chi connectivity index (χ0) is 11.8. The molecule has 1 aromatic rings. The van der Waals surface area contributed by atoms with E-state index >= 15 is 0 Å². The molecule has 0 atom stereocenters. The quantitative estimate of drug-likeness (QED) is 0.543. The first-order chi connectivity index (χ1) is 7.74. The number of furan rings is 1. The van der Waals surface area contributed by atoms with Crippen molar-refractivity contribution < 1.29 is 9.15 Å². The molecule has 0 radical (unpaired) electrons. The van der Waals surface area contributed by atoms with E-state index in [-0.39, 0.29) is 0 Å². The maximum atomic E-state index is 5.37. The predicted octanol–water partition coefficient (Wildman–Crippen LogP) is 2.73. The summed E-state index contributed by atoms with van der Waals surface area (Å²) in [6, 6.07) is 1.99. The van der Waals surface area contributed by atoms with Gasteiger partial charge in [0, 0.05) is 12.1 Å². The van der Waals surface area contributed by atoms with E-state index in [1.54, 1.807) is 12.3 Å². The number of nitrogens with one attached hydrogen (secondary N) is 1. The zero-order valence-electron chi connectivity index (χ0n) is 10.2. The minimum absolute atomic E-state index is 0.512. The standard InChI is InChI=1S/C13H21NO2/c1-4-6-15-10-13-12(5-7-16-13)9-14-8-11(2)3/h4-5,7,11,14H,1,6,8-10H2,2-3H3. The molecule has 0 aliphatic heterocycles. The van der Waals surface area contributed by atoms with Gasteiger partial charge >= 0.3 is 0 Å². The van der Waals surface area contributed by atoms with Crippen molar-refractivity contribution in [3.63, 3.8) is 0 Å². The van der Waals surface area contributed by atoms with E-state index in [9.17, 15) is 0 Å². The highest BCUT2D eigenvalue weighted by atomic mass is 16.5. The largest absolute Gasteiger partial charge is 0.467 e. The monoisotopic (exact) mass is 223 g/mol. The molecular weight excluding hydrogens is 202 g/mol. The van der Waals surface area contributed by atoms with Crippen LogP contribution in [0.2, 0.25) is 0 Å². The Kier molecular flexibility index (Phi) is 5.90. The zero-order valence-corrected chi connectivity index (χ0v) is 10.2. The van der Waals surface area contributed by atoms with Crippen LogP contribution in [0, 0.1) is 5.92 Å². The van der Waals surface area contributed by atoms with Crippen molar-refractivity contribution in [3.8, 4) is 0 Å². The first-order valence-electron chi connectivity index (χ1n) is 5.68. The molecule has 3 heteroatoms. The highest BCUT2D eigenvalue weighted by molar-refractivity contribution is 5.16. The fraction of sp³-hybridized carbons (Fsp3) is 0.538. The molecule has 0 aliphatic rings. The van der Waals surface area contributed by atoms with E-state index in [1.165, 1.54) is 5.56 Å². The third-order valence-corrected chi connectivity index (χ3v) is 2.17. The lowest BCUT2D eigenvalue weighted by Gasteiger charge is -2.07. The van der Waals surface area contributed by atoms with Crippen LogP contribution in [0.1, 0.15) is 25.2 Å². The van der Waals surface area contributed by atoms with Crippen molar-refractivity contribution in [1.82, 2.24) is 5.32 Å². The van der Waals surface area contributed by atoms with Crippen LogP contribution in [-0.2, 0) is 17.9 Å². The Hall–Kier alpha value is -1.06. The maximum Gasteiger partial charge on any atom is 0.133 e. The van der Waals surface area contributed by atoms with Crippen LogP contribution in [0.4, 0.5) is 0 Å². The second kappa shape index (κ2) is 7.25. The van der Waals surface area contributed by atoms with Gasteiger partial charge in [-0.05, 0) is 18.5 Å². The lowest BCUT2D eigenvalue weighted by Crippen LogP contribution is -2.19. The molecule has 0 spiro atoms. The highest BCUT2D eigenvalue weighted by Crippen LogP contribution is 2.11. The van der Waals surface area contributed by atoms with Crippen LogP contribution in [0.25, 0.3) is 0 Å². The molecule has 1 heterocycles. The first kappa shape index (κ1) is 13.0. The van der Waals surface area contributed by atoms with Crippen LogP contribution >= 0.6 is 0 Å². The van der Waals surface area contributed by atoms with Gasteiger partial charge in [-0.15, -0.1) is 6.58 Å². The third kappa shape index (κ3) is 4.64. The van der Waals surface area contributed by atoms with E-state index in [0.717, 1.165) is 18.8 Å². The minimum Gasteiger partial charge on any atom is -0.467 e. The van der Waals surface area contributed by atoms with Gasteiger partial charge in [0.2, 0.25) is 0 Å². The molecule has 0 amide bonds. The Morgan fingerprint density at radius 1 is 1.56 bits per heavy atom. The van der Waals surface area contributed by atoms with Crippen molar-refractivity contribution in [2.45, 2.75) is 27.0 Å². The minimum atomic E-state index is 0.512. The van der Waals surface area contributed by atoms with Crippen LogP contribution in [0.5, 0.6) is 0 Å². The average Bonchev–Trinajstić information content (AvgIpc) is 2.66. The molecule has 90 valence electrons. The van der Waals surface area contributed by atoms with E-state index in [1.807, 2.05) is 6.07 Å². The molecule has 0 fully saturated rings. The van der Waals surface area contributed by atoms with Gasteiger partial charge in [-0.2, -0.15) is 0 Å². The van der Waals surface area contributed by atoms with Crippen molar-refractivity contribution in [2.75, 3.05) is 13.2 Å². The Labute approximate surface area is 97.5 Å². The molecule has 0 saturated heterocycles. The SMILES string of the molecule is C=CCOCc1occc1CNCC(C)C. The summed E-state index contributed by atoms with van der Waals surface area (Å²) in [5, 5.41) is 3.38. The summed E-state index contributed by atoms with van der Waals surface area (Å²) in [5.41, 5.74) is 1.17. The summed E-state index contributed by atoms with van der Waals surface area (Å²) in [4.78, 5) is 0. The lowest BCUT2D eigenvalue weighted by molar-refractivity contribution is 0.130. The summed E-state index contributed by atoms with van der Waals surface area (Å²) < 4.78 is 10.7. The molecule has 0 aromatic carbocycles. The van der Waals surface area contributed by atoms with E-state index in [4.69, 9.17) is 9.15 Å². The molecule has 0 unspecified atom stereocenters. The Morgan fingerprint density at radius 2 is 2.38 bits per heavy atom. The second-order valence-corrected chi connectivity index (χ2v) is 4.20. The molecule has 16 heavy (non-hydrogen) atoms. The van der Waals surface area contributed by atoms with Gasteiger partial charge in [0.1, 0.15) is 12.4 Å². The van der Waals surface area contributed by atoms with Crippen molar-refractivity contribution in [2.24, 2.45) is 5.92 Å². The van der Waals surface area contributed by atoms with Crippen LogP contribution < -0.4 is 5.32 Å². The first-order valence-corrected chi connectivity index (χ1v) is 5.68. The number of rotatable bonds is 8. The molecular formula is C13H21NO2. The highest BCUT2D eigenvalue weighted by Gasteiger charge is 2.05. The van der Waals surface area contributed by atoms with Gasteiger partial charge in [0.25, 0.3) is 0 Å². The van der Waals surface area contributed by atoms with Gasteiger partial charge in [-0.1, -0.05) is 19.9 Å². The lowest BCUT2D eigenvalue weighted by atomic mass is 10.2. The van der Waals surface area contributed by atoms with Crippen LogP contribution in [0.3, 0.4) is 0 Å². The van der Waals surface area contributed by atoms with Crippen LogP contribution in [0.15, 0.2) is 29.4 Å². The van der Waals surface area contributed by atoms with Gasteiger partial charge in [0.05, 0.1) is 12.9 Å². The fourth-order valence-electron chi connectivity index (χ4n) is 1.38. The average molecular weight is 223 g/mol. The second-order valence-electron chi connectivity index (χ2n) is 4.20. The normalized spacial score (nSPS) is 10.9. The fourth-order valence-corrected chi connectivity index (χ4v) is 1.38. The summed E-state index contributed by atoms with van der Waals surface area (Å²) >= 11 is 0. The molecule has 3 nitrogen and oxygen atoms in total. The topological polar surface area (TPSA) is 34.4 Å². The summed E-state index contributed by atoms with van der Waals surface area (Å²) in [7, 11) is 0. The summed E-state index contributed by atoms with van der Waals surface area (Å²) in [6.07, 6.45) is 3.44. The molecule has 1 aromatic heterocycles. The van der Waals surface area contributed by atoms with Gasteiger partial charge in [-0.3, -0.25) is 0 Å². The van der Waals surface area contributed by atoms with Gasteiger partial charge in [-0.25, -0.2) is 0 Å². The Morgan fingerprint density at radius 3 is 3.06 bits per heavy atom. The van der Waals surface area contributed by atoms with Gasteiger partial charge in [0.15, 0.2) is 0 Å². The van der Waals surface area contributed by atoms with E-state index in [0.29, 0.717) is 19.1 Å². The van der Waals surface area contributed by atoms with E-state index < -0.39 is 0 Å². The molecule has 0 aliphatic carbocycles. The Balaban J connectivity index is 2.34. The van der Waals surface area contributed by atoms with Crippen molar-refractivity contribution >= 4 is 0 Å². The summed E-state index contributed by atoms with van der Waals surface area (Å²) in [5.74, 6) is 1.56. The smallest absolute Gasteiger partial charge is 0.133 e.